The fraction of sp³-hybridized carbons (Fsp3) is 0.831. The number of carbonyl (C=O) groups excluding carboxylic acids is 3. The lowest BCUT2D eigenvalue weighted by Crippen LogP contribution is -2.30. The van der Waals surface area contributed by atoms with Crippen LogP contribution in [0.3, 0.4) is 0 Å². The van der Waals surface area contributed by atoms with Crippen LogP contribution in [0.1, 0.15) is 393 Å². The van der Waals surface area contributed by atoms with E-state index in [0.29, 0.717) is 19.3 Å². The molecule has 0 spiro atoms. The minimum Gasteiger partial charge on any atom is -0.462 e. The molecule has 0 radical (unpaired) electrons. The Morgan fingerprint density at radius 1 is 0.241 bits per heavy atom. The van der Waals surface area contributed by atoms with E-state index in [1.807, 2.05) is 0 Å². The molecule has 0 aromatic rings. The van der Waals surface area contributed by atoms with E-state index < -0.39 is 6.10 Å². The monoisotopic (exact) mass is 1160 g/mol. The van der Waals surface area contributed by atoms with E-state index >= 15 is 0 Å². The number of hydrogen-bond donors (Lipinski definition) is 0. The van der Waals surface area contributed by atoms with E-state index in [1.165, 1.54) is 270 Å². The van der Waals surface area contributed by atoms with Crippen LogP contribution in [-0.2, 0) is 28.6 Å². The van der Waals surface area contributed by atoms with Gasteiger partial charge in [0.1, 0.15) is 13.2 Å². The Balaban J connectivity index is 4.36. The largest absolute Gasteiger partial charge is 0.462 e. The molecular weight excluding hydrogens is 1020 g/mol. The van der Waals surface area contributed by atoms with Crippen LogP contribution < -0.4 is 0 Å². The molecule has 1 unspecified atom stereocenters. The number of ether oxygens (including phenoxy) is 3. The second-order valence-corrected chi connectivity index (χ2v) is 24.9. The van der Waals surface area contributed by atoms with Crippen molar-refractivity contribution in [1.82, 2.24) is 0 Å². The van der Waals surface area contributed by atoms with E-state index in [2.05, 4.69) is 81.5 Å². The number of hydrogen-bond acceptors (Lipinski definition) is 6. The number of carbonyl (C=O) groups is 3. The fourth-order valence-corrected chi connectivity index (χ4v) is 11.0. The molecule has 0 saturated heterocycles. The van der Waals surface area contributed by atoms with Crippen LogP contribution in [0, 0.1) is 0 Å². The molecule has 83 heavy (non-hydrogen) atoms. The summed E-state index contributed by atoms with van der Waals surface area (Å²) in [5, 5.41) is 0. The molecule has 6 nitrogen and oxygen atoms in total. The number of allylic oxidation sites excluding steroid dienone is 10. The average molecular weight is 1160 g/mol. The number of rotatable bonds is 68. The Bertz CT molecular complexity index is 1470. The van der Waals surface area contributed by atoms with Crippen LogP contribution in [0.2, 0.25) is 0 Å². The van der Waals surface area contributed by atoms with Gasteiger partial charge in [0.05, 0.1) is 0 Å². The smallest absolute Gasteiger partial charge is 0.306 e. The van der Waals surface area contributed by atoms with Crippen molar-refractivity contribution in [3.05, 3.63) is 60.8 Å². The first-order valence-electron chi connectivity index (χ1n) is 36.8. The first kappa shape index (κ1) is 80.1. The topological polar surface area (TPSA) is 78.9 Å². The number of esters is 3. The zero-order valence-electron chi connectivity index (χ0n) is 55.7. The van der Waals surface area contributed by atoms with Crippen molar-refractivity contribution in [3.8, 4) is 0 Å². The van der Waals surface area contributed by atoms with Crippen molar-refractivity contribution < 1.29 is 28.6 Å². The highest BCUT2D eigenvalue weighted by molar-refractivity contribution is 5.71. The second-order valence-electron chi connectivity index (χ2n) is 24.9. The first-order chi connectivity index (χ1) is 41.0. The van der Waals surface area contributed by atoms with Crippen LogP contribution >= 0.6 is 0 Å². The average Bonchev–Trinajstić information content (AvgIpc) is 3.49. The normalized spacial score (nSPS) is 12.4. The maximum atomic E-state index is 13.0. The molecule has 0 aliphatic heterocycles. The van der Waals surface area contributed by atoms with E-state index in [9.17, 15) is 14.4 Å². The minimum absolute atomic E-state index is 0.0761. The molecule has 0 rings (SSSR count). The van der Waals surface area contributed by atoms with Gasteiger partial charge in [-0.25, -0.2) is 0 Å². The molecular formula is C77H140O6. The third-order valence-electron chi connectivity index (χ3n) is 16.5. The van der Waals surface area contributed by atoms with Gasteiger partial charge in [0, 0.05) is 19.3 Å². The summed E-state index contributed by atoms with van der Waals surface area (Å²) in [5.41, 5.74) is 0. The molecule has 0 heterocycles. The maximum Gasteiger partial charge on any atom is 0.306 e. The quantitative estimate of drug-likeness (QED) is 0.0261. The van der Waals surface area contributed by atoms with Crippen LogP contribution in [-0.4, -0.2) is 37.2 Å². The molecule has 1 atom stereocenters. The van der Waals surface area contributed by atoms with Crippen LogP contribution in [0.5, 0.6) is 0 Å². The van der Waals surface area contributed by atoms with Crippen molar-refractivity contribution in [2.75, 3.05) is 13.2 Å². The molecule has 484 valence electrons. The van der Waals surface area contributed by atoms with Crippen molar-refractivity contribution in [2.24, 2.45) is 0 Å². The Labute approximate surface area is 517 Å². The van der Waals surface area contributed by atoms with Crippen LogP contribution in [0.25, 0.3) is 0 Å². The van der Waals surface area contributed by atoms with Gasteiger partial charge in [-0.15, -0.1) is 0 Å². The van der Waals surface area contributed by atoms with E-state index in [-0.39, 0.29) is 31.1 Å². The molecule has 0 aliphatic carbocycles. The van der Waals surface area contributed by atoms with Gasteiger partial charge in [-0.1, -0.05) is 345 Å². The highest BCUT2D eigenvalue weighted by atomic mass is 16.6. The lowest BCUT2D eigenvalue weighted by Gasteiger charge is -2.18. The molecule has 0 fully saturated rings. The van der Waals surface area contributed by atoms with Crippen molar-refractivity contribution in [2.45, 2.75) is 399 Å². The maximum absolute atomic E-state index is 13.0. The van der Waals surface area contributed by atoms with Gasteiger partial charge in [0.25, 0.3) is 0 Å². The number of unbranched alkanes of at least 4 members (excludes halogenated alkanes) is 47. The third kappa shape index (κ3) is 69.8. The summed E-state index contributed by atoms with van der Waals surface area (Å²) in [6.45, 7) is 6.68. The Morgan fingerprint density at radius 3 is 0.675 bits per heavy atom. The zero-order valence-corrected chi connectivity index (χ0v) is 55.7. The molecule has 0 N–H and O–H groups in total. The predicted molar refractivity (Wildman–Crippen MR) is 362 cm³/mol. The van der Waals surface area contributed by atoms with Gasteiger partial charge in [0.15, 0.2) is 6.10 Å². The Hall–Kier alpha value is -2.89. The van der Waals surface area contributed by atoms with Gasteiger partial charge in [0.2, 0.25) is 0 Å². The van der Waals surface area contributed by atoms with Gasteiger partial charge in [-0.2, -0.15) is 0 Å². The Morgan fingerprint density at radius 2 is 0.434 bits per heavy atom. The van der Waals surface area contributed by atoms with Gasteiger partial charge in [-0.3, -0.25) is 14.4 Å². The SMILES string of the molecule is CCCCCCC/C=C\C/C=C\C/C=C\CCCCCCCCC(=O)OC(COC(=O)CCCCCCCCCCCCC/C=C\C/C=C\CCCCCCC)COC(=O)CCCCCCCCCCCCCCCCCCCCCCC. The van der Waals surface area contributed by atoms with Crippen molar-refractivity contribution in [1.29, 1.82) is 0 Å². The predicted octanol–water partition coefficient (Wildman–Crippen LogP) is 25.5. The summed E-state index contributed by atoms with van der Waals surface area (Å²) >= 11 is 0. The lowest BCUT2D eigenvalue weighted by atomic mass is 10.0. The lowest BCUT2D eigenvalue weighted by molar-refractivity contribution is -0.167. The third-order valence-corrected chi connectivity index (χ3v) is 16.5. The highest BCUT2D eigenvalue weighted by Crippen LogP contribution is 2.18. The molecule has 0 aromatic heterocycles. The zero-order chi connectivity index (χ0) is 59.9. The van der Waals surface area contributed by atoms with Crippen molar-refractivity contribution in [3.63, 3.8) is 0 Å². The molecule has 0 bridgehead atoms. The summed E-state index contributed by atoms with van der Waals surface area (Å²) in [4.78, 5) is 38.5. The standard InChI is InChI=1S/C77H140O6/c1-4-7-10-13-16-19-22-25-28-31-34-37-38-41-43-46-49-52-55-58-61-64-67-70-76(79)82-73-74(83-77(80)71-68-65-62-59-56-53-50-47-44-40-36-33-30-27-24-21-18-15-12-9-6-3)72-81-75(78)69-66-63-60-57-54-51-48-45-42-39-35-32-29-26-23-20-17-14-11-8-5-2/h22,24-25,27,31,33-34,36,44,47,74H,4-21,23,26,28-30,32,35,37-43,45-46,48-73H2,1-3H3/b25-22-,27-24-,34-31-,36-33-,47-44-. The van der Waals surface area contributed by atoms with Gasteiger partial charge < -0.3 is 14.2 Å². The first-order valence-corrected chi connectivity index (χ1v) is 36.8. The summed E-state index contributed by atoms with van der Waals surface area (Å²) in [6.07, 6.45) is 92.4. The summed E-state index contributed by atoms with van der Waals surface area (Å²) in [6, 6.07) is 0. The van der Waals surface area contributed by atoms with E-state index in [4.69, 9.17) is 14.2 Å². The molecule has 0 amide bonds. The van der Waals surface area contributed by atoms with E-state index in [1.54, 1.807) is 0 Å². The Kier molecular flexibility index (Phi) is 69.1. The summed E-state index contributed by atoms with van der Waals surface area (Å²) in [5.74, 6) is -0.864. The molecule has 0 aromatic carbocycles. The van der Waals surface area contributed by atoms with Gasteiger partial charge >= 0.3 is 17.9 Å². The highest BCUT2D eigenvalue weighted by Gasteiger charge is 2.19. The summed E-state index contributed by atoms with van der Waals surface area (Å²) in [7, 11) is 0. The van der Waals surface area contributed by atoms with E-state index in [0.717, 1.165) is 83.5 Å². The minimum atomic E-state index is -0.783. The molecule has 0 aliphatic rings. The molecule has 0 saturated carbocycles. The summed E-state index contributed by atoms with van der Waals surface area (Å²) < 4.78 is 17.0. The van der Waals surface area contributed by atoms with Crippen LogP contribution in [0.4, 0.5) is 0 Å². The second kappa shape index (κ2) is 71.6. The van der Waals surface area contributed by atoms with Crippen LogP contribution in [0.15, 0.2) is 60.8 Å². The van der Waals surface area contributed by atoms with Crippen molar-refractivity contribution >= 4 is 17.9 Å². The fourth-order valence-electron chi connectivity index (χ4n) is 11.0. The van der Waals surface area contributed by atoms with Gasteiger partial charge in [-0.05, 0) is 89.9 Å². The molecule has 6 heteroatoms.